The third kappa shape index (κ3) is 0.576. The van der Waals surface area contributed by atoms with Gasteiger partial charge in [0.25, 0.3) is 0 Å². The van der Waals surface area contributed by atoms with E-state index in [9.17, 15) is 5.11 Å². The van der Waals surface area contributed by atoms with E-state index < -0.39 is 0 Å². The Bertz CT molecular complexity index is 251. The highest BCUT2D eigenvalue weighted by atomic mass is 16.3. The minimum absolute atomic E-state index is 0.438. The average Bonchev–Trinajstić information content (AvgIpc) is 1.85. The summed E-state index contributed by atoms with van der Waals surface area (Å²) in [4.78, 5) is 0. The number of aromatic hydroxyl groups is 1. The maximum Gasteiger partial charge on any atom is 0.119 e. The molecule has 2 rings (SSSR count). The molecule has 1 nitrogen and oxygen atoms in total. The van der Waals surface area contributed by atoms with E-state index >= 15 is 0 Å². The van der Waals surface area contributed by atoms with Gasteiger partial charge in [-0.25, -0.2) is 0 Å². The summed E-state index contributed by atoms with van der Waals surface area (Å²) < 4.78 is 0. The van der Waals surface area contributed by atoms with Gasteiger partial charge in [0.2, 0.25) is 0 Å². The maximum absolute atomic E-state index is 9.30. The number of benzene rings is 1. The molecule has 1 radical (unpaired) electrons. The fourth-order valence-corrected chi connectivity index (χ4v) is 1.54. The van der Waals surface area contributed by atoms with Crippen molar-refractivity contribution in [1.29, 1.82) is 0 Å². The fraction of sp³-hybridized carbons (Fsp3) is 0.333. The second-order valence-corrected chi connectivity index (χ2v) is 2.86. The number of rotatable bonds is 0. The molecule has 0 saturated carbocycles. The summed E-state index contributed by atoms with van der Waals surface area (Å²) in [7, 11) is 0. The molecule has 1 aliphatic carbocycles. The lowest BCUT2D eigenvalue weighted by atomic mass is 9.78. The van der Waals surface area contributed by atoms with Gasteiger partial charge in [-0.3, -0.25) is 0 Å². The Morgan fingerprint density at radius 1 is 1.70 bits per heavy atom. The average molecular weight is 133 g/mol. The van der Waals surface area contributed by atoms with Crippen LogP contribution in [0.2, 0.25) is 0 Å². The zero-order valence-corrected chi connectivity index (χ0v) is 5.89. The summed E-state index contributed by atoms with van der Waals surface area (Å²) in [6.45, 7) is 2.12. The predicted octanol–water partition coefficient (Wildman–Crippen LogP) is 1.85. The predicted molar refractivity (Wildman–Crippen MR) is 39.1 cm³/mol. The quantitative estimate of drug-likeness (QED) is 0.572. The molecule has 10 heavy (non-hydrogen) atoms. The molecule has 0 fully saturated rings. The lowest BCUT2D eigenvalue weighted by Crippen LogP contribution is -2.13. The highest BCUT2D eigenvalue weighted by Crippen LogP contribution is 2.39. The molecule has 1 heteroatoms. The second-order valence-electron chi connectivity index (χ2n) is 2.86. The topological polar surface area (TPSA) is 20.2 Å². The van der Waals surface area contributed by atoms with Gasteiger partial charge in [0, 0.05) is 5.56 Å². The number of hydrogen-bond acceptors (Lipinski definition) is 1. The standard InChI is InChI=1S/C9H9O/c1-6-5-7-3-2-4-8(10)9(6)7/h2,4,6,10H,5H2,1H3. The van der Waals surface area contributed by atoms with Gasteiger partial charge < -0.3 is 5.11 Å². The number of fused-ring (bicyclic) bond motifs is 1. The van der Waals surface area contributed by atoms with Crippen molar-refractivity contribution in [2.75, 3.05) is 0 Å². The molecule has 1 aliphatic rings. The number of phenols is 1. The SMILES string of the molecule is CC1Cc2[c]ccc(O)c21. The van der Waals surface area contributed by atoms with Crippen LogP contribution in [0.1, 0.15) is 24.0 Å². The summed E-state index contributed by atoms with van der Waals surface area (Å²) in [5.74, 6) is 0.972. The number of hydrogen-bond donors (Lipinski definition) is 1. The summed E-state index contributed by atoms with van der Waals surface area (Å²) in [5, 5.41) is 9.30. The van der Waals surface area contributed by atoms with E-state index in [-0.39, 0.29) is 0 Å². The van der Waals surface area contributed by atoms with Crippen LogP contribution in [0.3, 0.4) is 0 Å². The Labute approximate surface area is 60.3 Å². The molecule has 1 N–H and O–H groups in total. The molecule has 0 saturated heterocycles. The first-order valence-corrected chi connectivity index (χ1v) is 3.51. The lowest BCUT2D eigenvalue weighted by Gasteiger charge is -2.26. The van der Waals surface area contributed by atoms with E-state index in [1.807, 2.05) is 0 Å². The normalized spacial score (nSPS) is 21.5. The lowest BCUT2D eigenvalue weighted by molar-refractivity contribution is 0.451. The van der Waals surface area contributed by atoms with Gasteiger partial charge in [0.05, 0.1) is 0 Å². The fourth-order valence-electron chi connectivity index (χ4n) is 1.54. The summed E-state index contributed by atoms with van der Waals surface area (Å²) >= 11 is 0. The first kappa shape index (κ1) is 5.78. The molecule has 0 aromatic heterocycles. The van der Waals surface area contributed by atoms with E-state index in [0.717, 1.165) is 12.0 Å². The summed E-state index contributed by atoms with van der Waals surface area (Å²) in [6.07, 6.45) is 1.07. The Balaban J connectivity index is 2.58. The van der Waals surface area contributed by atoms with E-state index in [1.54, 1.807) is 12.1 Å². The Morgan fingerprint density at radius 3 is 3.00 bits per heavy atom. The molecule has 1 atom stereocenters. The van der Waals surface area contributed by atoms with Crippen molar-refractivity contribution < 1.29 is 5.11 Å². The van der Waals surface area contributed by atoms with Crippen LogP contribution in [-0.4, -0.2) is 5.11 Å². The molecular formula is C9H9O. The van der Waals surface area contributed by atoms with Crippen LogP contribution < -0.4 is 0 Å². The Kier molecular flexibility index (Phi) is 1.01. The van der Waals surface area contributed by atoms with Crippen molar-refractivity contribution in [3.63, 3.8) is 0 Å². The molecule has 0 heterocycles. The van der Waals surface area contributed by atoms with Gasteiger partial charge in [-0.2, -0.15) is 0 Å². The van der Waals surface area contributed by atoms with Crippen molar-refractivity contribution in [1.82, 2.24) is 0 Å². The van der Waals surface area contributed by atoms with Crippen molar-refractivity contribution in [2.24, 2.45) is 0 Å². The molecule has 1 aromatic carbocycles. The van der Waals surface area contributed by atoms with Gasteiger partial charge in [-0.1, -0.05) is 13.0 Å². The first-order chi connectivity index (χ1) is 4.79. The summed E-state index contributed by atoms with van der Waals surface area (Å²) in [6, 6.07) is 6.58. The minimum Gasteiger partial charge on any atom is -0.508 e. The maximum atomic E-state index is 9.30. The number of phenolic OH excluding ortho intramolecular Hbond substituents is 1. The molecule has 1 unspecified atom stereocenters. The Hall–Kier alpha value is -0.980. The smallest absolute Gasteiger partial charge is 0.119 e. The second kappa shape index (κ2) is 1.75. The van der Waals surface area contributed by atoms with Gasteiger partial charge in [0.15, 0.2) is 0 Å². The van der Waals surface area contributed by atoms with Crippen LogP contribution in [0.4, 0.5) is 0 Å². The molecule has 0 spiro atoms. The third-order valence-corrected chi connectivity index (χ3v) is 2.10. The minimum atomic E-state index is 0.438. The van der Waals surface area contributed by atoms with E-state index in [0.29, 0.717) is 11.7 Å². The van der Waals surface area contributed by atoms with Crippen LogP contribution in [0.25, 0.3) is 0 Å². The highest BCUT2D eigenvalue weighted by molar-refractivity contribution is 5.47. The molecule has 0 amide bonds. The van der Waals surface area contributed by atoms with Crippen LogP contribution in [0.15, 0.2) is 12.1 Å². The van der Waals surface area contributed by atoms with Crippen LogP contribution in [0, 0.1) is 6.07 Å². The van der Waals surface area contributed by atoms with E-state index in [1.165, 1.54) is 5.56 Å². The van der Waals surface area contributed by atoms with Crippen LogP contribution in [0.5, 0.6) is 5.75 Å². The van der Waals surface area contributed by atoms with Gasteiger partial charge in [-0.15, -0.1) is 0 Å². The van der Waals surface area contributed by atoms with Crippen molar-refractivity contribution >= 4 is 0 Å². The van der Waals surface area contributed by atoms with Crippen molar-refractivity contribution in [3.8, 4) is 5.75 Å². The van der Waals surface area contributed by atoms with Gasteiger partial charge in [0.1, 0.15) is 5.75 Å². The van der Waals surface area contributed by atoms with Crippen LogP contribution >= 0.6 is 0 Å². The van der Waals surface area contributed by atoms with Crippen molar-refractivity contribution in [3.05, 3.63) is 29.3 Å². The van der Waals surface area contributed by atoms with Gasteiger partial charge >= 0.3 is 0 Å². The largest absolute Gasteiger partial charge is 0.508 e. The zero-order valence-electron chi connectivity index (χ0n) is 5.89. The van der Waals surface area contributed by atoms with E-state index in [4.69, 9.17) is 0 Å². The molecular weight excluding hydrogens is 124 g/mol. The van der Waals surface area contributed by atoms with Crippen molar-refractivity contribution in [2.45, 2.75) is 19.3 Å². The van der Waals surface area contributed by atoms with Gasteiger partial charge in [-0.05, 0) is 30.0 Å². The third-order valence-electron chi connectivity index (χ3n) is 2.10. The first-order valence-electron chi connectivity index (χ1n) is 3.51. The zero-order chi connectivity index (χ0) is 7.14. The van der Waals surface area contributed by atoms with Crippen LogP contribution in [-0.2, 0) is 6.42 Å². The molecule has 0 aliphatic heterocycles. The summed E-state index contributed by atoms with van der Waals surface area (Å²) in [5.41, 5.74) is 2.29. The highest BCUT2D eigenvalue weighted by Gasteiger charge is 2.24. The Morgan fingerprint density at radius 2 is 2.50 bits per heavy atom. The molecule has 51 valence electrons. The molecule has 0 bridgehead atoms. The molecule has 1 aromatic rings. The van der Waals surface area contributed by atoms with E-state index in [2.05, 4.69) is 13.0 Å². The monoisotopic (exact) mass is 133 g/mol.